The zero-order valence-electron chi connectivity index (χ0n) is 19.0. The molecule has 6 aromatic rings. The normalized spacial score (nSPS) is 15.1. The third-order valence-electron chi connectivity index (χ3n) is 7.28. The van der Waals surface area contributed by atoms with Crippen molar-refractivity contribution in [1.82, 2.24) is 9.55 Å². The number of para-hydroxylation sites is 2. The zero-order chi connectivity index (χ0) is 22.6. The largest absolute Gasteiger partial charge is 0.354 e. The van der Waals surface area contributed by atoms with Crippen LogP contribution in [0.25, 0.3) is 33.5 Å². The first-order valence-electron chi connectivity index (χ1n) is 11.8. The number of nitrogens with zero attached hydrogens (tertiary/aromatic N) is 1. The van der Waals surface area contributed by atoms with Crippen molar-refractivity contribution in [3.05, 3.63) is 143 Å². The van der Waals surface area contributed by atoms with Crippen molar-refractivity contribution in [2.24, 2.45) is 7.05 Å². The minimum absolute atomic E-state index is 0.117. The Morgan fingerprint density at radius 1 is 0.647 bits per heavy atom. The highest BCUT2D eigenvalue weighted by Crippen LogP contribution is 2.49. The second-order valence-corrected chi connectivity index (χ2v) is 9.10. The molecule has 162 valence electrons. The molecule has 0 fully saturated rings. The lowest BCUT2D eigenvalue weighted by molar-refractivity contribution is 0.919. The van der Waals surface area contributed by atoms with E-state index < -0.39 is 0 Å². The number of hydrogen-bond acceptors (Lipinski definition) is 0. The Bertz CT molecular complexity index is 1700. The summed E-state index contributed by atoms with van der Waals surface area (Å²) in [5.74, 6) is 0.117. The monoisotopic (exact) mass is 436 g/mol. The van der Waals surface area contributed by atoms with Gasteiger partial charge in [0.25, 0.3) is 0 Å². The summed E-state index contributed by atoms with van der Waals surface area (Å²) < 4.78 is 2.36. The molecule has 2 heteroatoms. The molecular weight excluding hydrogens is 412 g/mol. The second-order valence-electron chi connectivity index (χ2n) is 9.10. The first-order valence-corrected chi connectivity index (χ1v) is 11.8. The van der Waals surface area contributed by atoms with Gasteiger partial charge in [0.05, 0.1) is 5.69 Å². The maximum Gasteiger partial charge on any atom is 0.0513 e. The molecule has 34 heavy (non-hydrogen) atoms. The molecule has 0 bridgehead atoms. The van der Waals surface area contributed by atoms with E-state index >= 15 is 0 Å². The quantitative estimate of drug-likeness (QED) is 0.286. The zero-order valence-corrected chi connectivity index (χ0v) is 19.0. The van der Waals surface area contributed by atoms with Gasteiger partial charge in [-0.1, -0.05) is 97.1 Å². The highest BCUT2D eigenvalue weighted by molar-refractivity contribution is 6.03. The lowest BCUT2D eigenvalue weighted by Crippen LogP contribution is -2.05. The van der Waals surface area contributed by atoms with Crippen LogP contribution in [0.2, 0.25) is 0 Å². The molecule has 4 aromatic carbocycles. The summed E-state index contributed by atoms with van der Waals surface area (Å²) in [7, 11) is 2.19. The number of benzene rings is 4. The first-order chi connectivity index (χ1) is 16.8. The van der Waals surface area contributed by atoms with Crippen LogP contribution in [-0.4, -0.2) is 9.55 Å². The van der Waals surface area contributed by atoms with Crippen molar-refractivity contribution in [3.63, 3.8) is 0 Å². The highest BCUT2D eigenvalue weighted by atomic mass is 15.0. The Balaban J connectivity index is 1.69. The summed E-state index contributed by atoms with van der Waals surface area (Å²) in [6.45, 7) is 0. The Kier molecular flexibility index (Phi) is 4.16. The van der Waals surface area contributed by atoms with E-state index in [1.807, 2.05) is 0 Å². The molecule has 0 saturated carbocycles. The van der Waals surface area contributed by atoms with E-state index in [0.717, 1.165) is 0 Å². The summed E-state index contributed by atoms with van der Waals surface area (Å²) in [6.07, 6.45) is 2.39. The minimum Gasteiger partial charge on any atom is -0.354 e. The summed E-state index contributed by atoms with van der Waals surface area (Å²) >= 11 is 0. The van der Waals surface area contributed by atoms with Gasteiger partial charge in [-0.25, -0.2) is 0 Å². The summed E-state index contributed by atoms with van der Waals surface area (Å²) in [5, 5.41) is 2.60. The van der Waals surface area contributed by atoms with Crippen LogP contribution in [0.4, 0.5) is 0 Å². The smallest absolute Gasteiger partial charge is 0.0513 e. The van der Waals surface area contributed by atoms with Gasteiger partial charge >= 0.3 is 0 Å². The van der Waals surface area contributed by atoms with Gasteiger partial charge < -0.3 is 9.55 Å². The van der Waals surface area contributed by atoms with Crippen molar-refractivity contribution in [2.75, 3.05) is 0 Å². The minimum atomic E-state index is 0.117. The van der Waals surface area contributed by atoms with Gasteiger partial charge in [-0.3, -0.25) is 0 Å². The molecule has 1 aliphatic carbocycles. The van der Waals surface area contributed by atoms with Gasteiger partial charge in [0, 0.05) is 46.0 Å². The Labute approximate surface area is 198 Å². The van der Waals surface area contributed by atoms with E-state index in [0.29, 0.717) is 0 Å². The molecule has 7 rings (SSSR count). The number of aromatic amines is 1. The maximum atomic E-state index is 3.82. The molecule has 2 aromatic heterocycles. The third kappa shape index (κ3) is 2.69. The molecule has 1 N–H and O–H groups in total. The summed E-state index contributed by atoms with van der Waals surface area (Å²) in [6, 6.07) is 39.3. The first kappa shape index (κ1) is 19.2. The predicted molar refractivity (Wildman–Crippen MR) is 142 cm³/mol. The number of fused-ring (bicyclic) bond motifs is 6. The second kappa shape index (κ2) is 7.36. The predicted octanol–water partition coefficient (Wildman–Crippen LogP) is 7.74. The van der Waals surface area contributed by atoms with Crippen molar-refractivity contribution >= 4 is 33.5 Å². The van der Waals surface area contributed by atoms with Gasteiger partial charge in [0.2, 0.25) is 0 Å². The van der Waals surface area contributed by atoms with Crippen LogP contribution < -0.4 is 0 Å². The fraction of sp³-hybridized carbons (Fsp3) is 0.0625. The lowest BCUT2D eigenvalue weighted by Gasteiger charge is -2.19. The highest BCUT2D eigenvalue weighted by Gasteiger charge is 2.33. The Morgan fingerprint density at radius 3 is 2.09 bits per heavy atom. The number of aromatic nitrogens is 2. The Morgan fingerprint density at radius 2 is 1.29 bits per heavy atom. The molecule has 2 nitrogen and oxygen atoms in total. The van der Waals surface area contributed by atoms with Crippen LogP contribution in [0.15, 0.2) is 109 Å². The molecule has 1 unspecified atom stereocenters. The van der Waals surface area contributed by atoms with Crippen LogP contribution in [0.1, 0.15) is 39.6 Å². The van der Waals surface area contributed by atoms with Crippen molar-refractivity contribution in [2.45, 2.75) is 5.92 Å². The molecule has 0 spiro atoms. The van der Waals surface area contributed by atoms with E-state index in [-0.39, 0.29) is 5.92 Å². The molecule has 1 aliphatic rings. The molecule has 0 radical (unpaired) electrons. The number of nitrogens with one attached hydrogen (secondary N) is 1. The fourth-order valence-corrected chi connectivity index (χ4v) is 5.77. The van der Waals surface area contributed by atoms with Crippen LogP contribution in [-0.2, 0) is 7.05 Å². The van der Waals surface area contributed by atoms with Gasteiger partial charge in [-0.2, -0.15) is 0 Å². The van der Waals surface area contributed by atoms with E-state index in [9.17, 15) is 0 Å². The van der Waals surface area contributed by atoms with Gasteiger partial charge in [0.1, 0.15) is 0 Å². The molecule has 0 amide bonds. The average Bonchev–Trinajstić information content (AvgIpc) is 3.35. The topological polar surface area (TPSA) is 20.7 Å². The number of rotatable bonds is 2. The summed E-state index contributed by atoms with van der Waals surface area (Å²) in [5.41, 5.74) is 11.4. The van der Waals surface area contributed by atoms with E-state index in [4.69, 9.17) is 0 Å². The Hall–Kier alpha value is -4.30. The molecular formula is C32H24N2. The van der Waals surface area contributed by atoms with Crippen LogP contribution in [0.5, 0.6) is 0 Å². The maximum absolute atomic E-state index is 3.82. The van der Waals surface area contributed by atoms with E-state index in [1.54, 1.807) is 0 Å². The van der Waals surface area contributed by atoms with Crippen molar-refractivity contribution < 1.29 is 0 Å². The molecule has 0 aliphatic heterocycles. The van der Waals surface area contributed by atoms with Crippen molar-refractivity contribution in [3.8, 4) is 0 Å². The van der Waals surface area contributed by atoms with Gasteiger partial charge in [-0.05, 0) is 40.5 Å². The third-order valence-corrected chi connectivity index (χ3v) is 7.28. The SMILES string of the molecule is Cn1c2c(c3ccccc31)C(c1ccccc1)c1c([nH]c3ccccc13)C(c1ccccc1)=C2. The number of hydrogen-bond donors (Lipinski definition) is 1. The number of aryl methyl sites for hydroxylation is 1. The van der Waals surface area contributed by atoms with E-state index in [1.165, 1.54) is 61.0 Å². The number of H-pyrrole nitrogens is 1. The van der Waals surface area contributed by atoms with Gasteiger partial charge in [0.15, 0.2) is 0 Å². The molecule has 1 atom stereocenters. The molecule has 2 heterocycles. The van der Waals surface area contributed by atoms with Crippen LogP contribution in [0, 0.1) is 0 Å². The standard InChI is InChI=1S/C32H24N2/c1-34-27-19-11-9-17-24(27)30-28(34)20-25(21-12-4-2-5-13-21)32-31(23-16-8-10-18-26(23)33-32)29(30)22-14-6-3-7-15-22/h2-20,29,33H,1H3. The van der Waals surface area contributed by atoms with Crippen LogP contribution >= 0.6 is 0 Å². The van der Waals surface area contributed by atoms with E-state index in [2.05, 4.69) is 132 Å². The average molecular weight is 437 g/mol. The lowest BCUT2D eigenvalue weighted by atomic mass is 9.82. The van der Waals surface area contributed by atoms with Crippen molar-refractivity contribution in [1.29, 1.82) is 0 Å². The molecule has 0 saturated heterocycles. The fourth-order valence-electron chi connectivity index (χ4n) is 5.77. The van der Waals surface area contributed by atoms with Crippen LogP contribution in [0.3, 0.4) is 0 Å². The van der Waals surface area contributed by atoms with Gasteiger partial charge in [-0.15, -0.1) is 0 Å². The summed E-state index contributed by atoms with van der Waals surface area (Å²) in [4.78, 5) is 3.82.